The maximum absolute atomic E-state index is 11.6. The van der Waals surface area contributed by atoms with Crippen LogP contribution in [0.3, 0.4) is 0 Å². The Kier molecular flexibility index (Phi) is 5.92. The Morgan fingerprint density at radius 3 is 2.45 bits per heavy atom. The molecule has 110 valence electrons. The van der Waals surface area contributed by atoms with Gasteiger partial charge in [-0.1, -0.05) is 13.8 Å². The van der Waals surface area contributed by atoms with Gasteiger partial charge in [0.05, 0.1) is 11.0 Å². The van der Waals surface area contributed by atoms with Crippen LogP contribution >= 0.6 is 0 Å². The van der Waals surface area contributed by atoms with Gasteiger partial charge in [0.25, 0.3) is 5.69 Å². The molecule has 1 aromatic rings. The van der Waals surface area contributed by atoms with E-state index in [0.717, 1.165) is 0 Å². The number of hydrogen-bond donors (Lipinski definition) is 3. The summed E-state index contributed by atoms with van der Waals surface area (Å²) in [5.74, 6) is 0.351. The van der Waals surface area contributed by atoms with Crippen molar-refractivity contribution in [1.29, 1.82) is 0 Å². The van der Waals surface area contributed by atoms with Crippen LogP contribution in [0.25, 0.3) is 0 Å². The van der Waals surface area contributed by atoms with Crippen molar-refractivity contribution >= 4 is 17.4 Å². The predicted molar refractivity (Wildman–Crippen MR) is 75.6 cm³/mol. The summed E-state index contributed by atoms with van der Waals surface area (Å²) in [6.45, 7) is 4.14. The fourth-order valence-corrected chi connectivity index (χ4v) is 1.68. The summed E-state index contributed by atoms with van der Waals surface area (Å²) in [4.78, 5) is 21.5. The van der Waals surface area contributed by atoms with Crippen molar-refractivity contribution < 1.29 is 14.8 Å². The molecule has 7 heteroatoms. The van der Waals surface area contributed by atoms with E-state index in [4.69, 9.17) is 0 Å². The minimum Gasteiger partial charge on any atom is -0.391 e. The van der Waals surface area contributed by atoms with E-state index < -0.39 is 17.1 Å². The van der Waals surface area contributed by atoms with Crippen LogP contribution in [-0.4, -0.2) is 28.7 Å². The van der Waals surface area contributed by atoms with Crippen LogP contribution in [0.5, 0.6) is 0 Å². The zero-order valence-electron chi connectivity index (χ0n) is 11.5. The Bertz CT molecular complexity index is 459. The number of nitro benzene ring substituents is 1. The minimum atomic E-state index is -0.586. The maximum atomic E-state index is 11.6. The van der Waals surface area contributed by atoms with Gasteiger partial charge in [-0.2, -0.15) is 0 Å². The van der Waals surface area contributed by atoms with Crippen molar-refractivity contribution in [2.75, 3.05) is 11.9 Å². The molecule has 0 fully saturated rings. The van der Waals surface area contributed by atoms with E-state index in [1.54, 1.807) is 0 Å². The highest BCUT2D eigenvalue weighted by atomic mass is 16.6. The number of hydrogen-bond acceptors (Lipinski definition) is 4. The van der Waals surface area contributed by atoms with Crippen molar-refractivity contribution in [3.8, 4) is 0 Å². The number of anilines is 1. The number of non-ortho nitro benzene ring substituents is 1. The second-order valence-corrected chi connectivity index (χ2v) is 4.92. The van der Waals surface area contributed by atoms with Crippen LogP contribution in [-0.2, 0) is 0 Å². The first-order valence-electron chi connectivity index (χ1n) is 6.36. The molecule has 0 spiro atoms. The number of nitrogens with one attached hydrogen (secondary N) is 2. The van der Waals surface area contributed by atoms with Gasteiger partial charge in [0, 0.05) is 24.4 Å². The number of aliphatic hydroxyl groups is 1. The summed E-state index contributed by atoms with van der Waals surface area (Å²) in [6.07, 6.45) is 0.0234. The Hall–Kier alpha value is -2.15. The van der Waals surface area contributed by atoms with Crippen molar-refractivity contribution in [2.45, 2.75) is 26.4 Å². The van der Waals surface area contributed by atoms with Crippen molar-refractivity contribution in [1.82, 2.24) is 5.32 Å². The number of carbonyl (C=O) groups is 1. The number of benzene rings is 1. The number of carbonyl (C=O) groups excluding carboxylic acids is 1. The number of rotatable bonds is 6. The first kappa shape index (κ1) is 15.9. The van der Waals surface area contributed by atoms with Gasteiger partial charge in [-0.25, -0.2) is 4.79 Å². The molecule has 0 saturated carbocycles. The Balaban J connectivity index is 2.40. The van der Waals surface area contributed by atoms with Crippen LogP contribution in [0.2, 0.25) is 0 Å². The third-order valence-corrected chi connectivity index (χ3v) is 2.58. The normalized spacial score (nSPS) is 12.0. The number of urea groups is 1. The van der Waals surface area contributed by atoms with Gasteiger partial charge in [-0.3, -0.25) is 10.1 Å². The van der Waals surface area contributed by atoms with Gasteiger partial charge in [0.2, 0.25) is 0 Å². The van der Waals surface area contributed by atoms with Crippen LogP contribution in [0.15, 0.2) is 24.3 Å². The molecule has 0 heterocycles. The van der Waals surface area contributed by atoms with Crippen molar-refractivity contribution in [2.24, 2.45) is 5.92 Å². The highest BCUT2D eigenvalue weighted by Gasteiger charge is 2.10. The molecule has 0 bridgehead atoms. The average Bonchev–Trinajstić information content (AvgIpc) is 2.36. The third kappa shape index (κ3) is 5.66. The molecule has 1 unspecified atom stereocenters. The molecule has 0 aromatic heterocycles. The van der Waals surface area contributed by atoms with Crippen LogP contribution in [0.4, 0.5) is 16.2 Å². The quantitative estimate of drug-likeness (QED) is 0.548. The lowest BCUT2D eigenvalue weighted by Crippen LogP contribution is -2.35. The number of nitrogens with zero attached hydrogens (tertiary/aromatic N) is 1. The summed E-state index contributed by atoms with van der Waals surface area (Å²) in [7, 11) is 0. The lowest BCUT2D eigenvalue weighted by Gasteiger charge is -2.14. The number of nitro groups is 1. The van der Waals surface area contributed by atoms with E-state index in [1.165, 1.54) is 24.3 Å². The molecule has 7 nitrogen and oxygen atoms in total. The first-order chi connectivity index (χ1) is 9.38. The molecule has 0 saturated heterocycles. The highest BCUT2D eigenvalue weighted by Crippen LogP contribution is 2.15. The first-order valence-corrected chi connectivity index (χ1v) is 6.36. The average molecular weight is 281 g/mol. The SMILES string of the molecule is CC(C)CC(O)CNC(=O)Nc1ccc([N+](=O)[O-])cc1. The van der Waals surface area contributed by atoms with E-state index >= 15 is 0 Å². The zero-order valence-corrected chi connectivity index (χ0v) is 11.5. The van der Waals surface area contributed by atoms with Gasteiger partial charge in [0.15, 0.2) is 0 Å². The van der Waals surface area contributed by atoms with Gasteiger partial charge in [0.1, 0.15) is 0 Å². The molecule has 0 aliphatic heterocycles. The molecule has 0 aliphatic carbocycles. The van der Waals surface area contributed by atoms with Gasteiger partial charge in [-0.15, -0.1) is 0 Å². The third-order valence-electron chi connectivity index (χ3n) is 2.58. The summed E-state index contributed by atoms with van der Waals surface area (Å²) in [5, 5.41) is 25.2. The van der Waals surface area contributed by atoms with Gasteiger partial charge < -0.3 is 15.7 Å². The maximum Gasteiger partial charge on any atom is 0.319 e. The number of amides is 2. The lowest BCUT2D eigenvalue weighted by atomic mass is 10.1. The van der Waals surface area contributed by atoms with Crippen molar-refractivity contribution in [3.05, 3.63) is 34.4 Å². The standard InChI is InChI=1S/C13H19N3O4/c1-9(2)7-12(17)8-14-13(18)15-10-3-5-11(6-4-10)16(19)20/h3-6,9,12,17H,7-8H2,1-2H3,(H2,14,15,18). The smallest absolute Gasteiger partial charge is 0.319 e. The summed E-state index contributed by atoms with van der Waals surface area (Å²) < 4.78 is 0. The number of aliphatic hydroxyl groups excluding tert-OH is 1. The molecule has 0 aliphatic rings. The van der Waals surface area contributed by atoms with E-state index in [0.29, 0.717) is 18.0 Å². The van der Waals surface area contributed by atoms with Gasteiger partial charge in [-0.05, 0) is 24.5 Å². The fourth-order valence-electron chi connectivity index (χ4n) is 1.68. The largest absolute Gasteiger partial charge is 0.391 e. The Morgan fingerprint density at radius 1 is 1.35 bits per heavy atom. The summed E-state index contributed by atoms with van der Waals surface area (Å²) in [6, 6.07) is 5.05. The van der Waals surface area contributed by atoms with Crippen LogP contribution < -0.4 is 10.6 Å². The molecule has 2 amide bonds. The Morgan fingerprint density at radius 2 is 1.95 bits per heavy atom. The monoisotopic (exact) mass is 281 g/mol. The lowest BCUT2D eigenvalue weighted by molar-refractivity contribution is -0.384. The van der Waals surface area contributed by atoms with Crippen LogP contribution in [0, 0.1) is 16.0 Å². The van der Waals surface area contributed by atoms with Gasteiger partial charge >= 0.3 is 6.03 Å². The highest BCUT2D eigenvalue weighted by molar-refractivity contribution is 5.89. The molecular weight excluding hydrogens is 262 g/mol. The molecule has 1 atom stereocenters. The topological polar surface area (TPSA) is 104 Å². The van der Waals surface area contributed by atoms with E-state index in [9.17, 15) is 20.0 Å². The molecule has 3 N–H and O–H groups in total. The summed E-state index contributed by atoms with van der Waals surface area (Å²) in [5.41, 5.74) is 0.412. The molecule has 1 aromatic carbocycles. The van der Waals surface area contributed by atoms with E-state index in [-0.39, 0.29) is 12.2 Å². The molecule has 1 rings (SSSR count). The summed E-state index contributed by atoms with van der Waals surface area (Å²) >= 11 is 0. The fraction of sp³-hybridized carbons (Fsp3) is 0.462. The Labute approximate surface area is 117 Å². The van der Waals surface area contributed by atoms with E-state index in [2.05, 4.69) is 10.6 Å². The zero-order chi connectivity index (χ0) is 15.1. The van der Waals surface area contributed by atoms with Crippen molar-refractivity contribution in [3.63, 3.8) is 0 Å². The minimum absolute atomic E-state index is 0.0386. The molecule has 0 radical (unpaired) electrons. The second-order valence-electron chi connectivity index (χ2n) is 4.92. The molecular formula is C13H19N3O4. The van der Waals surface area contributed by atoms with Crippen LogP contribution in [0.1, 0.15) is 20.3 Å². The molecule has 20 heavy (non-hydrogen) atoms. The predicted octanol–water partition coefficient (Wildman–Crippen LogP) is 2.12. The van der Waals surface area contributed by atoms with E-state index in [1.807, 2.05) is 13.8 Å². The second kappa shape index (κ2) is 7.44.